The van der Waals surface area contributed by atoms with Crippen molar-refractivity contribution in [2.45, 2.75) is 39.2 Å². The molecule has 21 heavy (non-hydrogen) atoms. The lowest BCUT2D eigenvalue weighted by Gasteiger charge is -2.34. The zero-order valence-corrected chi connectivity index (χ0v) is 13.6. The summed E-state index contributed by atoms with van der Waals surface area (Å²) in [5.74, 6) is -0.105. The standard InChI is InChI=1S/C15H29N3O3/c1-11(2)9-13(14(19)20)16-15(21)18-7-5-12(6-8-18)10-17(3)4/h11-13H,5-10H2,1-4H3,(H,16,21)(H,19,20)/t13-/m0/s1. The van der Waals surface area contributed by atoms with Gasteiger partial charge in [-0.2, -0.15) is 0 Å². The molecule has 122 valence electrons. The van der Waals surface area contributed by atoms with Gasteiger partial charge in [0.15, 0.2) is 0 Å². The Hall–Kier alpha value is -1.30. The Balaban J connectivity index is 2.44. The molecule has 2 amide bonds. The third-order valence-electron chi connectivity index (χ3n) is 3.83. The van der Waals surface area contributed by atoms with Crippen LogP contribution in [0.25, 0.3) is 0 Å². The number of carboxylic acids is 1. The van der Waals surface area contributed by atoms with Crippen molar-refractivity contribution in [3.8, 4) is 0 Å². The largest absolute Gasteiger partial charge is 0.480 e. The highest BCUT2D eigenvalue weighted by atomic mass is 16.4. The fourth-order valence-corrected chi connectivity index (χ4v) is 2.77. The predicted molar refractivity (Wildman–Crippen MR) is 82.3 cm³/mol. The normalized spacial score (nSPS) is 18.1. The van der Waals surface area contributed by atoms with Crippen molar-refractivity contribution in [2.24, 2.45) is 11.8 Å². The molecular weight excluding hydrogens is 270 g/mol. The van der Waals surface area contributed by atoms with Crippen LogP contribution in [-0.2, 0) is 4.79 Å². The zero-order valence-electron chi connectivity index (χ0n) is 13.6. The second-order valence-corrected chi connectivity index (χ2v) is 6.66. The van der Waals surface area contributed by atoms with E-state index in [9.17, 15) is 14.7 Å². The molecule has 1 heterocycles. The molecule has 0 unspecified atom stereocenters. The molecule has 1 aliphatic rings. The van der Waals surface area contributed by atoms with Crippen LogP contribution in [0.4, 0.5) is 4.79 Å². The van der Waals surface area contributed by atoms with E-state index < -0.39 is 12.0 Å². The number of nitrogens with one attached hydrogen (secondary N) is 1. The maximum atomic E-state index is 12.2. The summed E-state index contributed by atoms with van der Waals surface area (Å²) in [5, 5.41) is 11.8. The maximum Gasteiger partial charge on any atom is 0.326 e. The minimum absolute atomic E-state index is 0.234. The van der Waals surface area contributed by atoms with Crippen LogP contribution in [-0.4, -0.2) is 66.7 Å². The Morgan fingerprint density at radius 1 is 1.29 bits per heavy atom. The average Bonchev–Trinajstić information content (AvgIpc) is 2.37. The molecule has 0 spiro atoms. The average molecular weight is 299 g/mol. The fourth-order valence-electron chi connectivity index (χ4n) is 2.77. The van der Waals surface area contributed by atoms with Crippen molar-refractivity contribution in [1.82, 2.24) is 15.1 Å². The number of piperidine rings is 1. The monoisotopic (exact) mass is 299 g/mol. The number of carbonyl (C=O) groups excluding carboxylic acids is 1. The summed E-state index contributed by atoms with van der Waals surface area (Å²) in [6.45, 7) is 6.36. The number of carboxylic acid groups (broad SMARTS) is 1. The van der Waals surface area contributed by atoms with Crippen LogP contribution >= 0.6 is 0 Å². The van der Waals surface area contributed by atoms with Crippen molar-refractivity contribution < 1.29 is 14.7 Å². The maximum absolute atomic E-state index is 12.2. The van der Waals surface area contributed by atoms with Gasteiger partial charge < -0.3 is 20.2 Å². The number of aliphatic carboxylic acids is 1. The molecule has 0 saturated carbocycles. The third kappa shape index (κ3) is 6.33. The van der Waals surface area contributed by atoms with E-state index in [1.807, 2.05) is 13.8 Å². The number of amides is 2. The van der Waals surface area contributed by atoms with Gasteiger partial charge in [-0.25, -0.2) is 9.59 Å². The number of nitrogens with zero attached hydrogens (tertiary/aromatic N) is 2. The van der Waals surface area contributed by atoms with Crippen molar-refractivity contribution >= 4 is 12.0 Å². The lowest BCUT2D eigenvalue weighted by molar-refractivity contribution is -0.139. The predicted octanol–water partition coefficient (Wildman–Crippen LogP) is 1.47. The molecular formula is C15H29N3O3. The van der Waals surface area contributed by atoms with Crippen LogP contribution < -0.4 is 5.32 Å². The van der Waals surface area contributed by atoms with E-state index in [0.29, 0.717) is 25.4 Å². The van der Waals surface area contributed by atoms with Gasteiger partial charge in [-0.05, 0) is 45.2 Å². The van der Waals surface area contributed by atoms with Crippen LogP contribution in [0.2, 0.25) is 0 Å². The second-order valence-electron chi connectivity index (χ2n) is 6.66. The second kappa shape index (κ2) is 8.22. The quantitative estimate of drug-likeness (QED) is 0.779. The van der Waals surface area contributed by atoms with Gasteiger partial charge >= 0.3 is 12.0 Å². The molecule has 0 aliphatic carbocycles. The summed E-state index contributed by atoms with van der Waals surface area (Å²) >= 11 is 0. The van der Waals surface area contributed by atoms with E-state index in [2.05, 4.69) is 24.3 Å². The Bertz CT molecular complexity index is 350. The molecule has 0 radical (unpaired) electrons. The molecule has 0 aromatic heterocycles. The molecule has 2 N–H and O–H groups in total. The lowest BCUT2D eigenvalue weighted by atomic mass is 9.96. The Kier molecular flexibility index (Phi) is 6.95. The number of rotatable bonds is 6. The van der Waals surface area contributed by atoms with Gasteiger partial charge in [0.2, 0.25) is 0 Å². The molecule has 0 aromatic carbocycles. The Morgan fingerprint density at radius 3 is 2.29 bits per heavy atom. The van der Waals surface area contributed by atoms with E-state index in [4.69, 9.17) is 0 Å². The van der Waals surface area contributed by atoms with Crippen molar-refractivity contribution in [3.63, 3.8) is 0 Å². The highest BCUT2D eigenvalue weighted by Gasteiger charge is 2.27. The SMILES string of the molecule is CC(C)C[C@H](NC(=O)N1CCC(CN(C)C)CC1)C(=O)O. The van der Waals surface area contributed by atoms with Gasteiger partial charge in [0, 0.05) is 19.6 Å². The van der Waals surface area contributed by atoms with Crippen LogP contribution in [0.15, 0.2) is 0 Å². The smallest absolute Gasteiger partial charge is 0.326 e. The Morgan fingerprint density at radius 2 is 1.86 bits per heavy atom. The van der Waals surface area contributed by atoms with Crippen LogP contribution in [0.5, 0.6) is 0 Å². The molecule has 1 aliphatic heterocycles. The van der Waals surface area contributed by atoms with Crippen molar-refractivity contribution in [1.29, 1.82) is 0 Å². The molecule has 1 atom stereocenters. The molecule has 0 bridgehead atoms. The van der Waals surface area contributed by atoms with Gasteiger partial charge in [-0.15, -0.1) is 0 Å². The van der Waals surface area contributed by atoms with E-state index in [1.54, 1.807) is 4.90 Å². The first-order chi connectivity index (χ1) is 9.79. The lowest BCUT2D eigenvalue weighted by Crippen LogP contribution is -2.51. The number of hydrogen-bond donors (Lipinski definition) is 2. The summed E-state index contributed by atoms with van der Waals surface area (Å²) in [7, 11) is 4.12. The Labute approximate surface area is 127 Å². The summed E-state index contributed by atoms with van der Waals surface area (Å²) in [4.78, 5) is 27.3. The van der Waals surface area contributed by atoms with Gasteiger partial charge in [0.25, 0.3) is 0 Å². The van der Waals surface area contributed by atoms with Gasteiger partial charge in [0.05, 0.1) is 0 Å². The number of urea groups is 1. The number of hydrogen-bond acceptors (Lipinski definition) is 3. The molecule has 1 fully saturated rings. The van der Waals surface area contributed by atoms with Gasteiger partial charge in [-0.3, -0.25) is 0 Å². The summed E-state index contributed by atoms with van der Waals surface area (Å²) in [5.41, 5.74) is 0. The summed E-state index contributed by atoms with van der Waals surface area (Å²) < 4.78 is 0. The van der Waals surface area contributed by atoms with Crippen molar-refractivity contribution in [2.75, 3.05) is 33.7 Å². The van der Waals surface area contributed by atoms with E-state index >= 15 is 0 Å². The highest BCUT2D eigenvalue weighted by Crippen LogP contribution is 2.18. The van der Waals surface area contributed by atoms with Crippen LogP contribution in [0.3, 0.4) is 0 Å². The topological polar surface area (TPSA) is 72.9 Å². The minimum atomic E-state index is -0.959. The van der Waals surface area contributed by atoms with E-state index in [-0.39, 0.29) is 11.9 Å². The van der Waals surface area contributed by atoms with Gasteiger partial charge in [0.1, 0.15) is 6.04 Å². The van der Waals surface area contributed by atoms with Crippen LogP contribution in [0.1, 0.15) is 33.1 Å². The third-order valence-corrected chi connectivity index (χ3v) is 3.83. The number of carbonyl (C=O) groups is 2. The zero-order chi connectivity index (χ0) is 16.0. The molecule has 6 nitrogen and oxygen atoms in total. The first-order valence-electron chi connectivity index (χ1n) is 7.72. The number of likely N-dealkylation sites (tertiary alicyclic amines) is 1. The highest BCUT2D eigenvalue weighted by molar-refractivity contribution is 5.82. The van der Waals surface area contributed by atoms with Gasteiger partial charge in [-0.1, -0.05) is 13.8 Å². The fraction of sp³-hybridized carbons (Fsp3) is 0.867. The first-order valence-corrected chi connectivity index (χ1v) is 7.72. The molecule has 6 heteroatoms. The molecule has 1 saturated heterocycles. The van der Waals surface area contributed by atoms with E-state index in [1.165, 1.54) is 0 Å². The summed E-state index contributed by atoms with van der Waals surface area (Å²) in [6, 6.07) is -1.04. The van der Waals surface area contributed by atoms with Crippen LogP contribution in [0, 0.1) is 11.8 Å². The summed E-state index contributed by atoms with van der Waals surface area (Å²) in [6.07, 6.45) is 2.42. The van der Waals surface area contributed by atoms with E-state index in [0.717, 1.165) is 19.4 Å². The minimum Gasteiger partial charge on any atom is -0.480 e. The molecule has 1 rings (SSSR count). The molecule has 0 aromatic rings. The van der Waals surface area contributed by atoms with Crippen molar-refractivity contribution in [3.05, 3.63) is 0 Å². The first kappa shape index (κ1) is 17.8.